The van der Waals surface area contributed by atoms with Crippen LogP contribution < -0.4 is 4.74 Å². The van der Waals surface area contributed by atoms with Crippen LogP contribution in [0.15, 0.2) is 30.4 Å². The minimum atomic E-state index is -0.962. The maximum Gasteiger partial charge on any atom is 0.342 e. The Kier molecular flexibility index (Phi) is 6.61. The quantitative estimate of drug-likeness (QED) is 0.533. The second kappa shape index (κ2) is 8.69. The van der Waals surface area contributed by atoms with E-state index >= 15 is 0 Å². The first-order chi connectivity index (χ1) is 11.9. The maximum atomic E-state index is 12.5. The van der Waals surface area contributed by atoms with Gasteiger partial charge in [-0.25, -0.2) is 4.79 Å². The van der Waals surface area contributed by atoms with Crippen LogP contribution in [0.4, 0.5) is 0 Å². The van der Waals surface area contributed by atoms with E-state index < -0.39 is 24.3 Å². The number of phenolic OH excluding ortho intramolecular Hbond substituents is 1. The maximum absolute atomic E-state index is 12.5. The predicted molar refractivity (Wildman–Crippen MR) is 93.6 cm³/mol. The molecule has 0 amide bonds. The Hall–Kier alpha value is -2.31. The molecule has 2 rings (SSSR count). The van der Waals surface area contributed by atoms with Crippen molar-refractivity contribution < 1.29 is 29.6 Å². The van der Waals surface area contributed by atoms with Crippen LogP contribution in [0.2, 0.25) is 0 Å². The molecule has 0 aliphatic carbocycles. The average Bonchev–Trinajstić information content (AvgIpc) is 2.56. The fourth-order valence-electron chi connectivity index (χ4n) is 2.57. The van der Waals surface area contributed by atoms with Crippen LogP contribution in [-0.4, -0.2) is 46.7 Å². The summed E-state index contributed by atoms with van der Waals surface area (Å²) in [6.45, 7) is 1.72. The molecule has 3 N–H and O–H groups in total. The van der Waals surface area contributed by atoms with Crippen molar-refractivity contribution in [3.63, 3.8) is 0 Å². The van der Waals surface area contributed by atoms with E-state index in [9.17, 15) is 20.1 Å². The Balaban J connectivity index is 2.39. The number of cyclic esters (lactones) is 1. The monoisotopic (exact) mass is 348 g/mol. The molecule has 6 nitrogen and oxygen atoms in total. The molecule has 1 aliphatic rings. The van der Waals surface area contributed by atoms with Crippen LogP contribution >= 0.6 is 0 Å². The van der Waals surface area contributed by atoms with Gasteiger partial charge < -0.3 is 24.8 Å². The lowest BCUT2D eigenvalue weighted by Crippen LogP contribution is -2.23. The van der Waals surface area contributed by atoms with Gasteiger partial charge in [-0.15, -0.1) is 0 Å². The second-order valence-electron chi connectivity index (χ2n) is 6.03. The van der Waals surface area contributed by atoms with Gasteiger partial charge in [-0.1, -0.05) is 24.3 Å². The van der Waals surface area contributed by atoms with Crippen molar-refractivity contribution in [1.82, 2.24) is 0 Å². The van der Waals surface area contributed by atoms with Crippen molar-refractivity contribution in [2.45, 2.75) is 44.5 Å². The van der Waals surface area contributed by atoms with Crippen LogP contribution in [-0.2, 0) is 4.74 Å². The Labute approximate surface area is 147 Å². The van der Waals surface area contributed by atoms with Gasteiger partial charge in [0.1, 0.15) is 23.2 Å². The number of carbonyl (C=O) groups is 1. The lowest BCUT2D eigenvalue weighted by atomic mass is 10.0. The molecular weight excluding hydrogens is 324 g/mol. The van der Waals surface area contributed by atoms with Crippen LogP contribution in [0.5, 0.6) is 11.5 Å². The number of methoxy groups -OCH3 is 1. The van der Waals surface area contributed by atoms with Gasteiger partial charge in [0.25, 0.3) is 0 Å². The van der Waals surface area contributed by atoms with Gasteiger partial charge in [0.2, 0.25) is 0 Å². The lowest BCUT2D eigenvalue weighted by Gasteiger charge is -2.17. The van der Waals surface area contributed by atoms with E-state index in [2.05, 4.69) is 0 Å². The summed E-state index contributed by atoms with van der Waals surface area (Å²) in [7, 11) is 1.47. The standard InChI is InChI=1S/C19H24O6/c1-12-6-5-9-16(21)15(20)8-4-3-7-13-10-14(24-2)11-17(22)18(13)19(23)25-12/h3,5,7,9-12,15-16,20-22H,4,6,8H2,1-2H3/b7-3-,9-5-/t12-,15-,16-/m0/s1. The Morgan fingerprint density at radius 1 is 1.24 bits per heavy atom. The van der Waals surface area contributed by atoms with E-state index in [1.807, 2.05) is 0 Å². The summed E-state index contributed by atoms with van der Waals surface area (Å²) in [6, 6.07) is 3.00. The molecule has 3 atom stereocenters. The summed E-state index contributed by atoms with van der Waals surface area (Å²) in [6.07, 6.45) is 5.57. The van der Waals surface area contributed by atoms with Gasteiger partial charge in [-0.3, -0.25) is 0 Å². The van der Waals surface area contributed by atoms with Gasteiger partial charge in [-0.05, 0) is 31.4 Å². The molecule has 1 aromatic rings. The number of aliphatic hydroxyl groups is 2. The molecule has 0 aromatic heterocycles. The number of fused-ring (bicyclic) bond motifs is 1. The zero-order valence-corrected chi connectivity index (χ0v) is 14.4. The molecule has 6 heteroatoms. The zero-order chi connectivity index (χ0) is 18.4. The van der Waals surface area contributed by atoms with E-state index in [0.717, 1.165) is 0 Å². The lowest BCUT2D eigenvalue weighted by molar-refractivity contribution is 0.0337. The molecule has 1 aromatic carbocycles. The molecule has 0 radical (unpaired) electrons. The Morgan fingerprint density at radius 2 is 2.00 bits per heavy atom. The number of carbonyl (C=O) groups excluding carboxylic acids is 1. The van der Waals surface area contributed by atoms with E-state index in [-0.39, 0.29) is 11.3 Å². The van der Waals surface area contributed by atoms with Crippen molar-refractivity contribution in [2.75, 3.05) is 7.11 Å². The third kappa shape index (κ3) is 5.08. The topological polar surface area (TPSA) is 96.2 Å². The Bertz CT molecular complexity index is 664. The van der Waals surface area contributed by atoms with Crippen molar-refractivity contribution in [3.05, 3.63) is 41.5 Å². The molecule has 25 heavy (non-hydrogen) atoms. The summed E-state index contributed by atoms with van der Waals surface area (Å²) in [4.78, 5) is 12.5. The van der Waals surface area contributed by atoms with E-state index in [0.29, 0.717) is 30.6 Å². The third-order valence-corrected chi connectivity index (χ3v) is 3.99. The molecule has 0 saturated heterocycles. The molecular formula is C19H24O6. The number of ether oxygens (including phenoxy) is 2. The normalized spacial score (nSPS) is 27.5. The summed E-state index contributed by atoms with van der Waals surface area (Å²) < 4.78 is 10.5. The smallest absolute Gasteiger partial charge is 0.342 e. The van der Waals surface area contributed by atoms with Crippen molar-refractivity contribution in [2.24, 2.45) is 0 Å². The van der Waals surface area contributed by atoms with Crippen LogP contribution in [0.3, 0.4) is 0 Å². The van der Waals surface area contributed by atoms with Gasteiger partial charge in [0.15, 0.2) is 0 Å². The van der Waals surface area contributed by atoms with Crippen LogP contribution in [0, 0.1) is 0 Å². The van der Waals surface area contributed by atoms with Crippen molar-refractivity contribution in [1.29, 1.82) is 0 Å². The van der Waals surface area contributed by atoms with Crippen molar-refractivity contribution in [3.8, 4) is 11.5 Å². The number of phenols is 1. The largest absolute Gasteiger partial charge is 0.507 e. The van der Waals surface area contributed by atoms with E-state index in [1.165, 1.54) is 19.3 Å². The average molecular weight is 348 g/mol. The highest BCUT2D eigenvalue weighted by molar-refractivity contribution is 5.97. The van der Waals surface area contributed by atoms with Crippen molar-refractivity contribution >= 4 is 12.0 Å². The van der Waals surface area contributed by atoms with E-state index in [4.69, 9.17) is 9.47 Å². The van der Waals surface area contributed by atoms with Gasteiger partial charge in [0, 0.05) is 12.5 Å². The third-order valence-electron chi connectivity index (χ3n) is 3.99. The number of benzene rings is 1. The molecule has 0 spiro atoms. The van der Waals surface area contributed by atoms with E-state index in [1.54, 1.807) is 31.2 Å². The SMILES string of the molecule is COc1cc(O)c2c(c1)/C=C\CC[C@H](O)[C@@H](O)/C=C\C[C@H](C)OC2=O. The summed E-state index contributed by atoms with van der Waals surface area (Å²) in [5, 5.41) is 30.0. The first-order valence-corrected chi connectivity index (χ1v) is 8.23. The number of aromatic hydroxyl groups is 1. The van der Waals surface area contributed by atoms with Gasteiger partial charge >= 0.3 is 5.97 Å². The highest BCUT2D eigenvalue weighted by Gasteiger charge is 2.21. The van der Waals surface area contributed by atoms with Gasteiger partial charge in [-0.2, -0.15) is 0 Å². The highest BCUT2D eigenvalue weighted by Crippen LogP contribution is 2.30. The number of aliphatic hydroxyl groups excluding tert-OH is 2. The first-order valence-electron chi connectivity index (χ1n) is 8.23. The predicted octanol–water partition coefficient (Wildman–Crippen LogP) is 2.42. The Morgan fingerprint density at radius 3 is 2.72 bits per heavy atom. The minimum Gasteiger partial charge on any atom is -0.507 e. The fraction of sp³-hybridized carbons (Fsp3) is 0.421. The highest BCUT2D eigenvalue weighted by atomic mass is 16.5. The summed E-state index contributed by atoms with van der Waals surface area (Å²) in [5.74, 6) is -0.422. The van der Waals surface area contributed by atoms with Gasteiger partial charge in [0.05, 0.1) is 19.3 Å². The molecule has 0 fully saturated rings. The van der Waals surface area contributed by atoms with Crippen LogP contribution in [0.25, 0.3) is 6.08 Å². The molecule has 1 aliphatic heterocycles. The number of hydrogen-bond donors (Lipinski definition) is 3. The molecule has 0 saturated carbocycles. The molecule has 0 unspecified atom stereocenters. The minimum absolute atomic E-state index is 0.0746. The number of esters is 1. The number of hydrogen-bond acceptors (Lipinski definition) is 6. The molecule has 1 heterocycles. The number of rotatable bonds is 1. The fourth-order valence-corrected chi connectivity index (χ4v) is 2.57. The zero-order valence-electron chi connectivity index (χ0n) is 14.4. The van der Waals surface area contributed by atoms with Crippen LogP contribution in [0.1, 0.15) is 42.1 Å². The molecule has 136 valence electrons. The summed E-state index contributed by atoms with van der Waals surface area (Å²) in [5.41, 5.74) is 0.544. The number of allylic oxidation sites excluding steroid dienone is 1. The summed E-state index contributed by atoms with van der Waals surface area (Å²) >= 11 is 0. The first kappa shape index (κ1) is 19.0. The second-order valence-corrected chi connectivity index (χ2v) is 6.03. The molecule has 0 bridgehead atoms.